The van der Waals surface area contributed by atoms with Gasteiger partial charge in [-0.05, 0) is 22.9 Å². The fourth-order valence-corrected chi connectivity index (χ4v) is 2.15. The van der Waals surface area contributed by atoms with E-state index in [1.807, 2.05) is 24.4 Å². The Balaban J connectivity index is 2.02. The third-order valence-corrected chi connectivity index (χ3v) is 3.08. The molecule has 0 amide bonds. The van der Waals surface area contributed by atoms with Crippen LogP contribution in [0.3, 0.4) is 0 Å². The summed E-state index contributed by atoms with van der Waals surface area (Å²) in [5.74, 6) is 0.566. The molecule has 0 spiro atoms. The lowest BCUT2D eigenvalue weighted by Gasteiger charge is -2.02. The second-order valence-electron chi connectivity index (χ2n) is 4.12. The van der Waals surface area contributed by atoms with Gasteiger partial charge in [-0.2, -0.15) is 0 Å². The lowest BCUT2D eigenvalue weighted by molar-refractivity contribution is 0.799. The highest BCUT2D eigenvalue weighted by Crippen LogP contribution is 2.17. The maximum atomic E-state index is 5.69. The van der Waals surface area contributed by atoms with Crippen LogP contribution in [-0.4, -0.2) is 20.9 Å². The summed E-state index contributed by atoms with van der Waals surface area (Å²) in [5, 5.41) is 10.6. The number of nitrogens with zero attached hydrogens (tertiary/aromatic N) is 3. The van der Waals surface area contributed by atoms with Crippen LogP contribution in [-0.2, 0) is 6.42 Å². The molecule has 0 fully saturated rings. The molecule has 0 aliphatic heterocycles. The maximum Gasteiger partial charge on any atom is 0.0843 e. The Morgan fingerprint density at radius 1 is 1.06 bits per heavy atom. The predicted octanol–water partition coefficient (Wildman–Crippen LogP) is 3.20. The van der Waals surface area contributed by atoms with Gasteiger partial charge in [-0.3, -0.25) is 0 Å². The van der Waals surface area contributed by atoms with Gasteiger partial charge in [0.25, 0.3) is 0 Å². The van der Waals surface area contributed by atoms with Crippen molar-refractivity contribution < 1.29 is 0 Å². The average Bonchev–Trinajstić information content (AvgIpc) is 2.87. The molecule has 1 heterocycles. The van der Waals surface area contributed by atoms with Crippen LogP contribution in [0.25, 0.3) is 16.5 Å². The maximum absolute atomic E-state index is 5.69. The van der Waals surface area contributed by atoms with Crippen molar-refractivity contribution in [3.63, 3.8) is 0 Å². The Morgan fingerprint density at radius 2 is 1.89 bits per heavy atom. The van der Waals surface area contributed by atoms with Crippen LogP contribution in [0.4, 0.5) is 0 Å². The summed E-state index contributed by atoms with van der Waals surface area (Å²) in [4.78, 5) is 0. The summed E-state index contributed by atoms with van der Waals surface area (Å²) >= 11 is 5.69. The fraction of sp³-hybridized carbons (Fsp3) is 0.143. The number of rotatable bonds is 3. The van der Waals surface area contributed by atoms with Crippen LogP contribution in [0.1, 0.15) is 5.69 Å². The third kappa shape index (κ3) is 2.09. The predicted molar refractivity (Wildman–Crippen MR) is 73.3 cm³/mol. The van der Waals surface area contributed by atoms with E-state index in [4.69, 9.17) is 11.6 Å². The normalized spacial score (nSPS) is 10.9. The molecule has 2 aromatic carbocycles. The topological polar surface area (TPSA) is 30.7 Å². The Morgan fingerprint density at radius 3 is 2.72 bits per heavy atom. The van der Waals surface area contributed by atoms with Gasteiger partial charge in [-0.25, -0.2) is 4.68 Å². The first-order valence-electron chi connectivity index (χ1n) is 5.83. The van der Waals surface area contributed by atoms with Crippen molar-refractivity contribution >= 4 is 22.4 Å². The van der Waals surface area contributed by atoms with Crippen LogP contribution >= 0.6 is 11.6 Å². The van der Waals surface area contributed by atoms with Crippen LogP contribution in [0.15, 0.2) is 48.7 Å². The van der Waals surface area contributed by atoms with Crippen molar-refractivity contribution in [3.8, 4) is 5.69 Å². The van der Waals surface area contributed by atoms with Crippen LogP contribution < -0.4 is 0 Å². The number of fused-ring (bicyclic) bond motifs is 1. The van der Waals surface area contributed by atoms with Gasteiger partial charge in [0.2, 0.25) is 0 Å². The minimum atomic E-state index is 0.566. The molecule has 3 aromatic rings. The van der Waals surface area contributed by atoms with Gasteiger partial charge in [0.15, 0.2) is 0 Å². The highest BCUT2D eigenvalue weighted by molar-refractivity contribution is 6.17. The van der Waals surface area contributed by atoms with E-state index in [0.717, 1.165) is 17.8 Å². The number of aryl methyl sites for hydroxylation is 1. The number of hydrogen-bond donors (Lipinski definition) is 0. The second kappa shape index (κ2) is 4.78. The molecule has 0 N–H and O–H groups in total. The molecule has 0 bridgehead atoms. The highest BCUT2D eigenvalue weighted by atomic mass is 35.5. The monoisotopic (exact) mass is 257 g/mol. The van der Waals surface area contributed by atoms with Crippen molar-refractivity contribution in [2.75, 3.05) is 5.88 Å². The molecular weight excluding hydrogens is 246 g/mol. The van der Waals surface area contributed by atoms with Crippen LogP contribution in [0.5, 0.6) is 0 Å². The first-order valence-corrected chi connectivity index (χ1v) is 6.36. The first kappa shape index (κ1) is 11.2. The van der Waals surface area contributed by atoms with E-state index >= 15 is 0 Å². The van der Waals surface area contributed by atoms with Crippen LogP contribution in [0.2, 0.25) is 0 Å². The molecule has 1 aromatic heterocycles. The molecule has 4 heteroatoms. The summed E-state index contributed by atoms with van der Waals surface area (Å²) in [6.45, 7) is 0. The van der Waals surface area contributed by atoms with E-state index in [2.05, 4.69) is 34.6 Å². The van der Waals surface area contributed by atoms with Gasteiger partial charge in [-0.15, -0.1) is 16.7 Å². The molecule has 90 valence electrons. The molecular formula is C14H12ClN3. The molecule has 0 atom stereocenters. The Hall–Kier alpha value is -1.87. The van der Waals surface area contributed by atoms with Crippen molar-refractivity contribution in [3.05, 3.63) is 54.4 Å². The van der Waals surface area contributed by atoms with Crippen molar-refractivity contribution in [2.45, 2.75) is 6.42 Å². The van der Waals surface area contributed by atoms with Gasteiger partial charge < -0.3 is 0 Å². The van der Waals surface area contributed by atoms with Gasteiger partial charge in [0.05, 0.1) is 17.6 Å². The quantitative estimate of drug-likeness (QED) is 0.675. The summed E-state index contributed by atoms with van der Waals surface area (Å²) in [6.07, 6.45) is 2.67. The zero-order valence-corrected chi connectivity index (χ0v) is 10.5. The summed E-state index contributed by atoms with van der Waals surface area (Å²) in [7, 11) is 0. The summed E-state index contributed by atoms with van der Waals surface area (Å²) < 4.78 is 1.79. The Bertz CT molecular complexity index is 675. The Labute approximate surface area is 110 Å². The molecule has 0 aliphatic carbocycles. The zero-order chi connectivity index (χ0) is 12.4. The van der Waals surface area contributed by atoms with Gasteiger partial charge in [-0.1, -0.05) is 35.5 Å². The molecule has 3 nitrogen and oxygen atoms in total. The van der Waals surface area contributed by atoms with Gasteiger partial charge >= 0.3 is 0 Å². The largest absolute Gasteiger partial charge is 0.220 e. The van der Waals surface area contributed by atoms with Crippen molar-refractivity contribution in [1.82, 2.24) is 15.0 Å². The van der Waals surface area contributed by atoms with Gasteiger partial charge in [0, 0.05) is 12.3 Å². The highest BCUT2D eigenvalue weighted by Gasteiger charge is 2.03. The number of hydrogen-bond acceptors (Lipinski definition) is 2. The van der Waals surface area contributed by atoms with E-state index < -0.39 is 0 Å². The molecule has 0 unspecified atom stereocenters. The summed E-state index contributed by atoms with van der Waals surface area (Å²) in [5.41, 5.74) is 1.93. The number of halogens is 1. The molecule has 0 aliphatic rings. The molecule has 3 rings (SSSR count). The van der Waals surface area contributed by atoms with E-state index in [1.165, 1.54) is 10.8 Å². The van der Waals surface area contributed by atoms with Crippen LogP contribution in [0, 0.1) is 0 Å². The van der Waals surface area contributed by atoms with E-state index in [0.29, 0.717) is 5.88 Å². The Kier molecular flexibility index (Phi) is 2.99. The third-order valence-electron chi connectivity index (χ3n) is 2.89. The van der Waals surface area contributed by atoms with Gasteiger partial charge in [0.1, 0.15) is 0 Å². The minimum absolute atomic E-state index is 0.566. The van der Waals surface area contributed by atoms with E-state index in [-0.39, 0.29) is 0 Å². The number of benzene rings is 2. The van der Waals surface area contributed by atoms with Crippen molar-refractivity contribution in [2.24, 2.45) is 0 Å². The second-order valence-corrected chi connectivity index (χ2v) is 4.50. The molecule has 0 radical (unpaired) electrons. The standard InChI is InChI=1S/C14H12ClN3/c15-8-7-13-10-18(17-16-13)14-6-5-11-3-1-2-4-12(11)9-14/h1-6,9-10H,7-8H2. The number of aromatic nitrogens is 3. The molecule has 0 saturated heterocycles. The minimum Gasteiger partial charge on any atom is -0.220 e. The zero-order valence-electron chi connectivity index (χ0n) is 9.75. The smallest absolute Gasteiger partial charge is 0.0843 e. The fourth-order valence-electron chi connectivity index (χ4n) is 1.96. The van der Waals surface area contributed by atoms with E-state index in [1.54, 1.807) is 4.68 Å². The average molecular weight is 258 g/mol. The molecule has 0 saturated carbocycles. The van der Waals surface area contributed by atoms with Crippen molar-refractivity contribution in [1.29, 1.82) is 0 Å². The first-order chi connectivity index (χ1) is 8.86. The van der Waals surface area contributed by atoms with E-state index in [9.17, 15) is 0 Å². The molecule has 18 heavy (non-hydrogen) atoms. The summed E-state index contributed by atoms with van der Waals surface area (Å²) in [6, 6.07) is 14.5. The SMILES string of the molecule is ClCCc1cn(-c2ccc3ccccc3c2)nn1. The lowest BCUT2D eigenvalue weighted by atomic mass is 10.1. The lowest BCUT2D eigenvalue weighted by Crippen LogP contribution is -1.94. The number of alkyl halides is 1.